The molecule has 2 amide bonds. The quantitative estimate of drug-likeness (QED) is 0.208. The Balaban J connectivity index is 1.87. The number of hydrogen-bond donors (Lipinski definition) is 0. The molecule has 1 aliphatic heterocycles. The van der Waals surface area contributed by atoms with Crippen LogP contribution in [0.4, 0.5) is 0 Å². The van der Waals surface area contributed by atoms with Crippen LogP contribution in [0, 0.1) is 0 Å². The van der Waals surface area contributed by atoms with E-state index in [-0.39, 0.29) is 17.1 Å². The number of Topliss-reactive ketones (excluding diaryl/α,β-unsaturated/α-hetero) is 1. The Morgan fingerprint density at radius 1 is 0.857 bits per heavy atom. The summed E-state index contributed by atoms with van der Waals surface area (Å²) in [5.41, 5.74) is 0. The van der Waals surface area contributed by atoms with E-state index in [1.165, 1.54) is 68.0 Å². The number of rotatable bonds is 18. The third-order valence-corrected chi connectivity index (χ3v) is 6.57. The topological polar surface area (TPSA) is 54.5 Å². The molecule has 0 aliphatic carbocycles. The van der Waals surface area contributed by atoms with Crippen molar-refractivity contribution in [2.45, 2.75) is 115 Å². The van der Waals surface area contributed by atoms with Gasteiger partial charge in [-0.15, -0.1) is 0 Å². The summed E-state index contributed by atoms with van der Waals surface area (Å²) in [7, 11) is 0. The Kier molecular flexibility index (Phi) is 14.4. The molecule has 0 radical (unpaired) electrons. The minimum atomic E-state index is -0.152. The smallest absolute Gasteiger partial charge is 0.242 e. The van der Waals surface area contributed by atoms with Crippen LogP contribution in [0.1, 0.15) is 110 Å². The van der Waals surface area contributed by atoms with Crippen molar-refractivity contribution in [2.24, 2.45) is 0 Å². The number of hydrogen-bond acceptors (Lipinski definition) is 4. The van der Waals surface area contributed by atoms with Crippen LogP contribution in [0.3, 0.4) is 0 Å². The first-order valence-electron chi connectivity index (χ1n) is 11.5. The average molecular weight is 412 g/mol. The molecule has 0 aromatic carbocycles. The number of thioether (sulfide) groups is 1. The number of imide groups is 1. The van der Waals surface area contributed by atoms with Gasteiger partial charge < -0.3 is 0 Å². The van der Waals surface area contributed by atoms with E-state index in [0.29, 0.717) is 18.7 Å². The SMILES string of the molecule is CCCCCCCC(=O)CCCCCCCCCCN1C(=O)CC(SC)C1=O. The van der Waals surface area contributed by atoms with Gasteiger partial charge in [0.2, 0.25) is 11.8 Å². The first-order valence-corrected chi connectivity index (χ1v) is 12.8. The highest BCUT2D eigenvalue weighted by atomic mass is 32.2. The predicted molar refractivity (Wildman–Crippen MR) is 119 cm³/mol. The fraction of sp³-hybridized carbons (Fsp3) is 0.870. The van der Waals surface area contributed by atoms with Crippen molar-refractivity contribution < 1.29 is 14.4 Å². The van der Waals surface area contributed by atoms with Crippen molar-refractivity contribution in [3.05, 3.63) is 0 Å². The van der Waals surface area contributed by atoms with Crippen molar-refractivity contribution >= 4 is 29.4 Å². The highest BCUT2D eigenvalue weighted by Crippen LogP contribution is 2.23. The second kappa shape index (κ2) is 16.0. The normalized spacial score (nSPS) is 16.9. The summed E-state index contributed by atoms with van der Waals surface area (Å²) in [5.74, 6) is 0.457. The van der Waals surface area contributed by atoms with Gasteiger partial charge in [-0.25, -0.2) is 0 Å². The Bertz CT molecular complexity index is 467. The maximum atomic E-state index is 12.0. The van der Waals surface area contributed by atoms with Crippen molar-refractivity contribution in [1.29, 1.82) is 0 Å². The van der Waals surface area contributed by atoms with Gasteiger partial charge in [0, 0.05) is 25.8 Å². The number of amides is 2. The van der Waals surface area contributed by atoms with Gasteiger partial charge in [-0.2, -0.15) is 11.8 Å². The molecule has 1 atom stereocenters. The molecule has 4 nitrogen and oxygen atoms in total. The lowest BCUT2D eigenvalue weighted by Gasteiger charge is -2.14. The Morgan fingerprint density at radius 2 is 1.36 bits per heavy atom. The largest absolute Gasteiger partial charge is 0.300 e. The lowest BCUT2D eigenvalue weighted by molar-refractivity contribution is -0.138. The first-order chi connectivity index (χ1) is 13.6. The number of unbranched alkanes of at least 4 members (excludes halogenated alkanes) is 11. The standard InChI is InChI=1S/C23H41NO3S/c1-3-4-5-10-13-16-20(25)17-14-11-8-6-7-9-12-15-18-24-22(26)19-21(28-2)23(24)27/h21H,3-19H2,1-2H3. The van der Waals surface area contributed by atoms with Crippen molar-refractivity contribution in [3.8, 4) is 0 Å². The van der Waals surface area contributed by atoms with Crippen LogP contribution < -0.4 is 0 Å². The lowest BCUT2D eigenvalue weighted by atomic mass is 10.0. The molecule has 162 valence electrons. The van der Waals surface area contributed by atoms with E-state index in [9.17, 15) is 14.4 Å². The lowest BCUT2D eigenvalue weighted by Crippen LogP contribution is -2.32. The number of likely N-dealkylation sites (tertiary alicyclic amines) is 1. The van der Waals surface area contributed by atoms with Crippen LogP contribution in [-0.2, 0) is 14.4 Å². The van der Waals surface area contributed by atoms with Crippen molar-refractivity contribution in [1.82, 2.24) is 4.90 Å². The molecule has 1 unspecified atom stereocenters. The highest BCUT2D eigenvalue weighted by Gasteiger charge is 2.37. The maximum Gasteiger partial charge on any atom is 0.242 e. The van der Waals surface area contributed by atoms with E-state index in [4.69, 9.17) is 0 Å². The van der Waals surface area contributed by atoms with Crippen LogP contribution in [0.5, 0.6) is 0 Å². The molecule has 0 spiro atoms. The molecule has 0 bridgehead atoms. The minimum absolute atomic E-state index is 0.000133. The van der Waals surface area contributed by atoms with E-state index in [2.05, 4.69) is 6.92 Å². The maximum absolute atomic E-state index is 12.0. The van der Waals surface area contributed by atoms with Crippen LogP contribution >= 0.6 is 11.8 Å². The number of ketones is 1. The fourth-order valence-electron chi connectivity index (χ4n) is 3.78. The van der Waals surface area contributed by atoms with Crippen LogP contribution in [0.25, 0.3) is 0 Å². The molecule has 1 rings (SSSR count). The summed E-state index contributed by atoms with van der Waals surface area (Å²) < 4.78 is 0. The summed E-state index contributed by atoms with van der Waals surface area (Å²) in [6.07, 6.45) is 18.9. The first kappa shape index (κ1) is 25.2. The van der Waals surface area contributed by atoms with Gasteiger partial charge in [-0.1, -0.05) is 71.1 Å². The molecule has 0 saturated carbocycles. The van der Waals surface area contributed by atoms with Gasteiger partial charge in [0.15, 0.2) is 0 Å². The summed E-state index contributed by atoms with van der Waals surface area (Å²) in [5, 5.41) is -0.152. The molecule has 0 N–H and O–H groups in total. The molecule has 1 fully saturated rings. The fourth-order valence-corrected chi connectivity index (χ4v) is 4.41. The molecular formula is C23H41NO3S. The van der Waals surface area contributed by atoms with E-state index in [0.717, 1.165) is 44.9 Å². The van der Waals surface area contributed by atoms with E-state index >= 15 is 0 Å². The van der Waals surface area contributed by atoms with E-state index < -0.39 is 0 Å². The van der Waals surface area contributed by atoms with Gasteiger partial charge in [-0.3, -0.25) is 19.3 Å². The minimum Gasteiger partial charge on any atom is -0.300 e. The van der Waals surface area contributed by atoms with Crippen molar-refractivity contribution in [2.75, 3.05) is 12.8 Å². The van der Waals surface area contributed by atoms with Gasteiger partial charge in [0.1, 0.15) is 5.78 Å². The molecular weight excluding hydrogens is 370 g/mol. The van der Waals surface area contributed by atoms with Gasteiger partial charge >= 0.3 is 0 Å². The summed E-state index contributed by atoms with van der Waals surface area (Å²) in [6.45, 7) is 2.81. The Morgan fingerprint density at radius 3 is 1.86 bits per heavy atom. The molecule has 0 aromatic heterocycles. The molecule has 1 aliphatic rings. The average Bonchev–Trinajstić information content (AvgIpc) is 2.96. The zero-order chi connectivity index (χ0) is 20.6. The summed E-state index contributed by atoms with van der Waals surface area (Å²) in [6, 6.07) is 0. The third kappa shape index (κ3) is 10.6. The summed E-state index contributed by atoms with van der Waals surface area (Å²) in [4.78, 5) is 37.1. The van der Waals surface area contributed by atoms with Crippen LogP contribution in [-0.4, -0.2) is 40.5 Å². The highest BCUT2D eigenvalue weighted by molar-refractivity contribution is 8.00. The second-order valence-electron chi connectivity index (χ2n) is 8.09. The monoisotopic (exact) mass is 411 g/mol. The predicted octanol–water partition coefficient (Wildman–Crippen LogP) is 5.92. The molecule has 5 heteroatoms. The number of carbonyl (C=O) groups excluding carboxylic acids is 3. The zero-order valence-electron chi connectivity index (χ0n) is 18.2. The van der Waals surface area contributed by atoms with Gasteiger partial charge in [0.05, 0.1) is 5.25 Å². The molecule has 28 heavy (non-hydrogen) atoms. The number of carbonyl (C=O) groups is 3. The third-order valence-electron chi connectivity index (χ3n) is 5.63. The summed E-state index contributed by atoms with van der Waals surface area (Å²) >= 11 is 1.48. The number of nitrogens with zero attached hydrogens (tertiary/aromatic N) is 1. The molecule has 1 heterocycles. The Labute approximate surface area is 176 Å². The zero-order valence-corrected chi connectivity index (χ0v) is 19.0. The van der Waals surface area contributed by atoms with Gasteiger partial charge in [-0.05, 0) is 25.5 Å². The molecule has 0 aromatic rings. The Hall–Kier alpha value is -0.840. The van der Waals surface area contributed by atoms with Gasteiger partial charge in [0.25, 0.3) is 0 Å². The second-order valence-corrected chi connectivity index (χ2v) is 9.13. The van der Waals surface area contributed by atoms with Crippen molar-refractivity contribution in [3.63, 3.8) is 0 Å². The van der Waals surface area contributed by atoms with Crippen LogP contribution in [0.15, 0.2) is 0 Å². The molecule has 1 saturated heterocycles. The van der Waals surface area contributed by atoms with Crippen LogP contribution in [0.2, 0.25) is 0 Å². The van der Waals surface area contributed by atoms with E-state index in [1.54, 1.807) is 0 Å². The van der Waals surface area contributed by atoms with E-state index in [1.807, 2.05) is 6.26 Å².